The first-order valence-electron chi connectivity index (χ1n) is 14.3. The number of anilines is 2. The lowest BCUT2D eigenvalue weighted by Gasteiger charge is -2.34. The molecule has 0 bridgehead atoms. The molecule has 3 N–H and O–H groups in total. The van der Waals surface area contributed by atoms with Gasteiger partial charge in [0, 0.05) is 38.1 Å². The zero-order valence-corrected chi connectivity index (χ0v) is 22.6. The molecule has 2 aromatic carbocycles. The molecule has 0 aliphatic heterocycles. The summed E-state index contributed by atoms with van der Waals surface area (Å²) in [6.45, 7) is 3.27. The minimum Gasteiger partial charge on any atom is -0.362 e. The zero-order valence-electron chi connectivity index (χ0n) is 22.6. The maximum atomic E-state index is 4.84. The summed E-state index contributed by atoms with van der Waals surface area (Å²) < 4.78 is 0. The Balaban J connectivity index is 1.06. The van der Waals surface area contributed by atoms with Crippen molar-refractivity contribution in [3.63, 3.8) is 0 Å². The van der Waals surface area contributed by atoms with Gasteiger partial charge in [0.2, 0.25) is 5.95 Å². The number of hydrogen-bond acceptors (Lipinski definition) is 6. The van der Waals surface area contributed by atoms with Crippen LogP contribution in [-0.2, 0) is 6.54 Å². The Labute approximate surface area is 222 Å². The molecular weight excluding hydrogens is 456 g/mol. The SMILES string of the molecule is CN(C)c1nc(N[C@H]2CC[C@@H](CNC[C@@H]3CCCC[C@@H]3NCc3ccccc3)CC2)nc2ccccc12. The van der Waals surface area contributed by atoms with E-state index >= 15 is 0 Å². The highest BCUT2D eigenvalue weighted by molar-refractivity contribution is 5.90. The average Bonchev–Trinajstić information content (AvgIpc) is 2.93. The fourth-order valence-electron chi connectivity index (χ4n) is 6.20. The van der Waals surface area contributed by atoms with Crippen LogP contribution in [0.5, 0.6) is 0 Å². The van der Waals surface area contributed by atoms with Gasteiger partial charge in [0.1, 0.15) is 5.82 Å². The molecule has 0 saturated heterocycles. The van der Waals surface area contributed by atoms with Gasteiger partial charge in [0.15, 0.2) is 0 Å². The first-order valence-corrected chi connectivity index (χ1v) is 14.3. The lowest BCUT2D eigenvalue weighted by Crippen LogP contribution is -2.43. The monoisotopic (exact) mass is 500 g/mol. The van der Waals surface area contributed by atoms with Gasteiger partial charge >= 0.3 is 0 Å². The predicted molar refractivity (Wildman–Crippen MR) is 155 cm³/mol. The van der Waals surface area contributed by atoms with Crippen LogP contribution in [-0.4, -0.2) is 49.2 Å². The quantitative estimate of drug-likeness (QED) is 0.337. The van der Waals surface area contributed by atoms with E-state index in [0.717, 1.165) is 54.1 Å². The molecule has 0 amide bonds. The molecule has 0 unspecified atom stereocenters. The molecule has 5 rings (SSSR count). The fraction of sp³-hybridized carbons (Fsp3) is 0.548. The molecule has 2 aliphatic rings. The number of fused-ring (bicyclic) bond motifs is 1. The van der Waals surface area contributed by atoms with Crippen molar-refractivity contribution < 1.29 is 0 Å². The van der Waals surface area contributed by atoms with E-state index < -0.39 is 0 Å². The Morgan fingerprint density at radius 1 is 0.811 bits per heavy atom. The van der Waals surface area contributed by atoms with Crippen molar-refractivity contribution in [3.8, 4) is 0 Å². The zero-order chi connectivity index (χ0) is 25.5. The van der Waals surface area contributed by atoms with Crippen molar-refractivity contribution in [2.24, 2.45) is 11.8 Å². The highest BCUT2D eigenvalue weighted by atomic mass is 15.2. The van der Waals surface area contributed by atoms with Crippen LogP contribution in [0.2, 0.25) is 0 Å². The molecule has 1 heterocycles. The second kappa shape index (κ2) is 12.7. The second-order valence-corrected chi connectivity index (χ2v) is 11.3. The van der Waals surface area contributed by atoms with Crippen LogP contribution in [0.1, 0.15) is 56.9 Å². The Bertz CT molecular complexity index is 1110. The third-order valence-electron chi connectivity index (χ3n) is 8.35. The molecule has 2 saturated carbocycles. The van der Waals surface area contributed by atoms with E-state index in [4.69, 9.17) is 9.97 Å². The van der Waals surface area contributed by atoms with E-state index in [1.165, 1.54) is 56.9 Å². The molecule has 198 valence electrons. The maximum absolute atomic E-state index is 4.84. The van der Waals surface area contributed by atoms with Gasteiger partial charge < -0.3 is 20.9 Å². The molecule has 6 heteroatoms. The third-order valence-corrected chi connectivity index (χ3v) is 8.35. The Hall–Kier alpha value is -2.70. The summed E-state index contributed by atoms with van der Waals surface area (Å²) in [5.41, 5.74) is 2.39. The summed E-state index contributed by atoms with van der Waals surface area (Å²) in [4.78, 5) is 11.7. The molecule has 2 aliphatic carbocycles. The number of nitrogens with one attached hydrogen (secondary N) is 3. The molecule has 2 fully saturated rings. The van der Waals surface area contributed by atoms with Crippen LogP contribution in [0.25, 0.3) is 10.9 Å². The Morgan fingerprint density at radius 2 is 1.57 bits per heavy atom. The highest BCUT2D eigenvalue weighted by Gasteiger charge is 2.26. The van der Waals surface area contributed by atoms with Crippen molar-refractivity contribution in [3.05, 3.63) is 60.2 Å². The number of hydrogen-bond donors (Lipinski definition) is 3. The van der Waals surface area contributed by atoms with Crippen LogP contribution in [0.3, 0.4) is 0 Å². The van der Waals surface area contributed by atoms with Crippen LogP contribution < -0.4 is 20.9 Å². The van der Waals surface area contributed by atoms with E-state index in [0.29, 0.717) is 12.1 Å². The lowest BCUT2D eigenvalue weighted by atomic mass is 9.83. The first kappa shape index (κ1) is 25.9. The molecule has 6 nitrogen and oxygen atoms in total. The van der Waals surface area contributed by atoms with Gasteiger partial charge in [-0.15, -0.1) is 0 Å². The van der Waals surface area contributed by atoms with Crippen molar-refractivity contribution in [1.82, 2.24) is 20.6 Å². The smallest absolute Gasteiger partial charge is 0.225 e. The minimum absolute atomic E-state index is 0.456. The number of para-hydroxylation sites is 1. The molecular formula is C31H44N6. The van der Waals surface area contributed by atoms with Gasteiger partial charge in [-0.25, -0.2) is 4.98 Å². The average molecular weight is 501 g/mol. The largest absolute Gasteiger partial charge is 0.362 e. The maximum Gasteiger partial charge on any atom is 0.225 e. The third kappa shape index (κ3) is 6.99. The van der Waals surface area contributed by atoms with Gasteiger partial charge in [-0.1, -0.05) is 55.3 Å². The summed E-state index contributed by atoms with van der Waals surface area (Å²) in [5.74, 6) is 3.25. The standard InChI is InChI=1S/C31H44N6/c1-37(2)30-27-13-7-9-15-29(27)35-31(36-30)34-26-18-16-24(17-19-26)20-32-22-25-12-6-8-14-28(25)33-21-23-10-4-3-5-11-23/h3-5,7,9-11,13,15,24-26,28,32-33H,6,8,12,14,16-22H2,1-2H3,(H,34,35,36)/t24-,25-,26+,28-/m0/s1. The van der Waals surface area contributed by atoms with Crippen molar-refractivity contribution >= 4 is 22.7 Å². The van der Waals surface area contributed by atoms with Crippen molar-refractivity contribution in [1.29, 1.82) is 0 Å². The summed E-state index contributed by atoms with van der Waals surface area (Å²) in [6.07, 6.45) is 10.3. The van der Waals surface area contributed by atoms with Crippen molar-refractivity contribution in [2.75, 3.05) is 37.4 Å². The number of nitrogens with zero attached hydrogens (tertiary/aromatic N) is 3. The fourth-order valence-corrected chi connectivity index (χ4v) is 6.20. The Morgan fingerprint density at radius 3 is 2.38 bits per heavy atom. The van der Waals surface area contributed by atoms with E-state index in [1.807, 2.05) is 20.2 Å². The van der Waals surface area contributed by atoms with E-state index in [2.05, 4.69) is 69.4 Å². The van der Waals surface area contributed by atoms with Gasteiger partial charge in [-0.2, -0.15) is 4.98 Å². The topological polar surface area (TPSA) is 65.1 Å². The first-order chi connectivity index (χ1) is 18.2. The molecule has 0 radical (unpaired) electrons. The van der Waals surface area contributed by atoms with Crippen molar-refractivity contribution in [2.45, 2.75) is 70.0 Å². The summed E-state index contributed by atoms with van der Waals surface area (Å²) in [6, 6.07) is 20.2. The summed E-state index contributed by atoms with van der Waals surface area (Å²) in [5, 5.41) is 12.5. The van der Waals surface area contributed by atoms with Crippen LogP contribution >= 0.6 is 0 Å². The lowest BCUT2D eigenvalue weighted by molar-refractivity contribution is 0.242. The number of benzene rings is 2. The van der Waals surface area contributed by atoms with Crippen LogP contribution in [0.15, 0.2) is 54.6 Å². The van der Waals surface area contributed by atoms with Gasteiger partial charge in [0.05, 0.1) is 5.52 Å². The molecule has 37 heavy (non-hydrogen) atoms. The normalized spacial score (nSPS) is 24.2. The van der Waals surface area contributed by atoms with E-state index in [1.54, 1.807) is 0 Å². The number of rotatable bonds is 10. The van der Waals surface area contributed by atoms with E-state index in [9.17, 15) is 0 Å². The van der Waals surface area contributed by atoms with Gasteiger partial charge in [-0.05, 0) is 81.1 Å². The van der Waals surface area contributed by atoms with Crippen LogP contribution in [0, 0.1) is 11.8 Å². The van der Waals surface area contributed by atoms with Gasteiger partial charge in [-0.3, -0.25) is 0 Å². The summed E-state index contributed by atoms with van der Waals surface area (Å²) >= 11 is 0. The second-order valence-electron chi connectivity index (χ2n) is 11.3. The van der Waals surface area contributed by atoms with Gasteiger partial charge in [0.25, 0.3) is 0 Å². The molecule has 3 aromatic rings. The molecule has 2 atom stereocenters. The highest BCUT2D eigenvalue weighted by Crippen LogP contribution is 2.29. The van der Waals surface area contributed by atoms with Crippen LogP contribution in [0.4, 0.5) is 11.8 Å². The molecule has 0 spiro atoms. The van der Waals surface area contributed by atoms with E-state index in [-0.39, 0.29) is 0 Å². The summed E-state index contributed by atoms with van der Waals surface area (Å²) in [7, 11) is 4.09. The minimum atomic E-state index is 0.456. The number of aromatic nitrogens is 2. The Kier molecular flexibility index (Phi) is 8.90. The predicted octanol–water partition coefficient (Wildman–Crippen LogP) is 5.60. The molecule has 1 aromatic heterocycles.